The Morgan fingerprint density at radius 1 is 1.03 bits per heavy atom. The number of amides is 2. The molecule has 0 heterocycles. The second-order valence-corrected chi connectivity index (χ2v) is 11.0. The van der Waals surface area contributed by atoms with Crippen molar-refractivity contribution in [3.05, 3.63) is 95.8 Å². The minimum Gasteiger partial charge on any atom is -0.593 e. The quantitative estimate of drug-likeness (QED) is 0.425. The molecule has 2 bridgehead atoms. The minimum atomic E-state index is -1.30. The Bertz CT molecular complexity index is 1220. The van der Waals surface area contributed by atoms with Gasteiger partial charge in [-0.1, -0.05) is 30.3 Å². The number of halogens is 1. The van der Waals surface area contributed by atoms with Gasteiger partial charge in [-0.3, -0.25) is 9.59 Å². The summed E-state index contributed by atoms with van der Waals surface area (Å²) in [6.07, 6.45) is 3.60. The molecular formula is C28H28FN3O3S. The Kier molecular flexibility index (Phi) is 6.83. The van der Waals surface area contributed by atoms with Crippen LogP contribution in [0.15, 0.2) is 83.8 Å². The van der Waals surface area contributed by atoms with E-state index in [4.69, 9.17) is 0 Å². The lowest BCUT2D eigenvalue weighted by Gasteiger charge is -2.60. The number of hydrogen-bond acceptors (Lipinski definition) is 4. The van der Waals surface area contributed by atoms with Gasteiger partial charge in [-0.15, -0.1) is 4.72 Å². The fraction of sp³-hybridized carbons (Fsp3) is 0.286. The number of nitrogens with one attached hydrogen (secondary N) is 2. The van der Waals surface area contributed by atoms with E-state index in [1.165, 1.54) is 29.2 Å². The molecule has 0 radical (unpaired) electrons. The van der Waals surface area contributed by atoms with Crippen LogP contribution in [0.5, 0.6) is 0 Å². The Labute approximate surface area is 213 Å². The van der Waals surface area contributed by atoms with Crippen LogP contribution in [0, 0.1) is 11.7 Å². The Balaban J connectivity index is 1.29. The van der Waals surface area contributed by atoms with Gasteiger partial charge in [-0.25, -0.2) is 4.39 Å². The van der Waals surface area contributed by atoms with Gasteiger partial charge in [0.25, 0.3) is 5.91 Å². The third-order valence-corrected chi connectivity index (χ3v) is 8.46. The van der Waals surface area contributed by atoms with Gasteiger partial charge in [-0.05, 0) is 79.3 Å². The van der Waals surface area contributed by atoms with E-state index in [1.807, 2.05) is 30.3 Å². The van der Waals surface area contributed by atoms with Gasteiger partial charge < -0.3 is 14.8 Å². The maximum Gasteiger partial charge on any atom is 0.254 e. The summed E-state index contributed by atoms with van der Waals surface area (Å²) in [6.45, 7) is 0. The Hall–Kier alpha value is -3.20. The monoisotopic (exact) mass is 505 g/mol. The van der Waals surface area contributed by atoms with Crippen LogP contribution in [0.3, 0.4) is 0 Å². The highest BCUT2D eigenvalue weighted by Gasteiger charge is 2.59. The lowest BCUT2D eigenvalue weighted by atomic mass is 9.50. The summed E-state index contributed by atoms with van der Waals surface area (Å²) in [7, 11) is 1.57. The highest BCUT2D eigenvalue weighted by atomic mass is 32.2. The molecule has 6 rings (SSSR count). The number of anilines is 1. The molecule has 2 atom stereocenters. The molecule has 0 saturated heterocycles. The van der Waals surface area contributed by atoms with Gasteiger partial charge in [-0.2, -0.15) is 0 Å². The molecule has 186 valence electrons. The van der Waals surface area contributed by atoms with E-state index in [-0.39, 0.29) is 17.4 Å². The number of likely N-dealkylation sites (N-methyl/N-ethyl adjacent to an activating group) is 1. The summed E-state index contributed by atoms with van der Waals surface area (Å²) in [5.74, 6) is -0.366. The van der Waals surface area contributed by atoms with Crippen molar-refractivity contribution in [1.82, 2.24) is 9.62 Å². The molecule has 3 aromatic carbocycles. The van der Waals surface area contributed by atoms with Crippen LogP contribution in [0.2, 0.25) is 0 Å². The second-order valence-electron chi connectivity index (χ2n) is 9.77. The van der Waals surface area contributed by atoms with E-state index in [9.17, 15) is 18.5 Å². The zero-order valence-electron chi connectivity index (χ0n) is 19.9. The van der Waals surface area contributed by atoms with E-state index in [0.717, 1.165) is 30.7 Å². The topological polar surface area (TPSA) is 84.5 Å². The number of carbonyl (C=O) groups excluding carboxylic acids is 2. The van der Waals surface area contributed by atoms with E-state index in [0.29, 0.717) is 22.6 Å². The molecule has 3 fully saturated rings. The largest absolute Gasteiger partial charge is 0.593 e. The molecule has 2 unspecified atom stereocenters. The van der Waals surface area contributed by atoms with Crippen molar-refractivity contribution in [2.24, 2.45) is 5.92 Å². The maximum absolute atomic E-state index is 13.4. The zero-order chi connectivity index (χ0) is 25.3. The molecule has 3 aliphatic rings. The van der Waals surface area contributed by atoms with Crippen molar-refractivity contribution in [2.75, 3.05) is 12.4 Å². The normalized spacial score (nSPS) is 21.5. The summed E-state index contributed by atoms with van der Waals surface area (Å²) < 4.78 is 29.3. The van der Waals surface area contributed by atoms with Gasteiger partial charge in [0.2, 0.25) is 5.91 Å². The van der Waals surface area contributed by atoms with Crippen LogP contribution >= 0.6 is 0 Å². The molecule has 2 N–H and O–H groups in total. The summed E-state index contributed by atoms with van der Waals surface area (Å²) in [6, 6.07) is 20.8. The van der Waals surface area contributed by atoms with Crippen molar-refractivity contribution < 1.29 is 18.5 Å². The SMILES string of the molecule is CN(C(=O)c1ccc(F)cc1)C(Cc1ccccc1)C(=O)Nc1ccc([S+]([O-])NC23CC(C2)C3)cc1. The van der Waals surface area contributed by atoms with Crippen molar-refractivity contribution in [2.45, 2.75) is 42.2 Å². The number of rotatable bonds is 9. The van der Waals surface area contributed by atoms with Crippen LogP contribution in [0.4, 0.5) is 10.1 Å². The number of hydrogen-bond donors (Lipinski definition) is 2. The van der Waals surface area contributed by atoms with E-state index in [1.54, 1.807) is 31.3 Å². The van der Waals surface area contributed by atoms with E-state index >= 15 is 0 Å². The van der Waals surface area contributed by atoms with Gasteiger partial charge in [0, 0.05) is 24.7 Å². The molecule has 0 spiro atoms. The van der Waals surface area contributed by atoms with Crippen LogP contribution in [-0.4, -0.2) is 39.9 Å². The first kappa shape index (κ1) is 24.5. The maximum atomic E-state index is 13.4. The average molecular weight is 506 g/mol. The molecule has 0 aliphatic heterocycles. The lowest BCUT2D eigenvalue weighted by molar-refractivity contribution is -0.120. The third-order valence-electron chi connectivity index (χ3n) is 7.14. The second kappa shape index (κ2) is 10.0. The summed E-state index contributed by atoms with van der Waals surface area (Å²) in [5, 5.41) is 2.89. The van der Waals surface area contributed by atoms with Crippen molar-refractivity contribution in [3.8, 4) is 0 Å². The Morgan fingerprint density at radius 2 is 1.67 bits per heavy atom. The smallest absolute Gasteiger partial charge is 0.254 e. The van der Waals surface area contributed by atoms with Crippen molar-refractivity contribution >= 4 is 28.9 Å². The molecule has 3 saturated carbocycles. The number of benzene rings is 3. The first-order valence-corrected chi connectivity index (χ1v) is 13.1. The predicted molar refractivity (Wildman–Crippen MR) is 137 cm³/mol. The minimum absolute atomic E-state index is 0.0503. The van der Waals surface area contributed by atoms with Crippen LogP contribution in [-0.2, 0) is 22.6 Å². The number of carbonyl (C=O) groups is 2. The van der Waals surface area contributed by atoms with Crippen molar-refractivity contribution in [3.63, 3.8) is 0 Å². The zero-order valence-corrected chi connectivity index (χ0v) is 20.8. The van der Waals surface area contributed by atoms with Crippen LogP contribution in [0.25, 0.3) is 0 Å². The van der Waals surface area contributed by atoms with Gasteiger partial charge in [0.15, 0.2) is 4.90 Å². The van der Waals surface area contributed by atoms with Gasteiger partial charge in [0.1, 0.15) is 11.9 Å². The first-order chi connectivity index (χ1) is 17.3. The molecule has 36 heavy (non-hydrogen) atoms. The average Bonchev–Trinajstić information content (AvgIpc) is 2.84. The fourth-order valence-corrected chi connectivity index (χ4v) is 6.07. The van der Waals surface area contributed by atoms with Crippen molar-refractivity contribution in [1.29, 1.82) is 0 Å². The first-order valence-electron chi connectivity index (χ1n) is 12.0. The number of nitrogens with zero attached hydrogens (tertiary/aromatic N) is 1. The molecular weight excluding hydrogens is 477 g/mol. The van der Waals surface area contributed by atoms with Crippen LogP contribution in [0.1, 0.15) is 35.2 Å². The molecule has 2 amide bonds. The third kappa shape index (κ3) is 5.16. The standard InChI is InChI=1S/C28H28FN3O3S/c1-32(27(34)21-7-9-22(29)10-8-21)25(15-19-5-3-2-4-6-19)26(33)30-23-11-13-24(14-12-23)36(35)31-28-16-20(17-28)18-28/h2-14,20,25,31H,15-18H2,1H3,(H,30,33). The van der Waals surface area contributed by atoms with Crippen LogP contribution < -0.4 is 10.0 Å². The van der Waals surface area contributed by atoms with E-state index in [2.05, 4.69) is 10.0 Å². The van der Waals surface area contributed by atoms with E-state index < -0.39 is 23.2 Å². The molecule has 3 aromatic rings. The predicted octanol–water partition coefficient (Wildman–Crippen LogP) is 4.31. The summed E-state index contributed by atoms with van der Waals surface area (Å²) >= 11 is -1.30. The van der Waals surface area contributed by atoms with Gasteiger partial charge in [0.05, 0.1) is 16.9 Å². The van der Waals surface area contributed by atoms with Gasteiger partial charge >= 0.3 is 0 Å². The summed E-state index contributed by atoms with van der Waals surface area (Å²) in [4.78, 5) is 28.5. The molecule has 6 nitrogen and oxygen atoms in total. The molecule has 3 aliphatic carbocycles. The molecule has 0 aromatic heterocycles. The highest BCUT2D eigenvalue weighted by molar-refractivity contribution is 7.89. The highest BCUT2D eigenvalue weighted by Crippen LogP contribution is 2.57. The fourth-order valence-electron chi connectivity index (χ4n) is 4.93. The summed E-state index contributed by atoms with van der Waals surface area (Å²) in [5.41, 5.74) is 1.80. The Morgan fingerprint density at radius 3 is 2.25 bits per heavy atom. The molecule has 8 heteroatoms. The lowest BCUT2D eigenvalue weighted by Crippen LogP contribution is -2.67.